The number of benzene rings is 2. The molecule has 4 N–H and O–H groups in total. The van der Waals surface area contributed by atoms with Crippen molar-refractivity contribution in [1.29, 1.82) is 0 Å². The molecule has 0 radical (unpaired) electrons. The van der Waals surface area contributed by atoms with Gasteiger partial charge in [-0.05, 0) is 55.6 Å². The zero-order valence-corrected chi connectivity index (χ0v) is 21.0. The number of urea groups is 1. The Kier molecular flexibility index (Phi) is 10.4. The van der Waals surface area contributed by atoms with Gasteiger partial charge in [0.15, 0.2) is 0 Å². The molecular weight excluding hydrogens is 484 g/mol. The van der Waals surface area contributed by atoms with Gasteiger partial charge in [0.1, 0.15) is 17.5 Å². The number of aliphatic hydroxyl groups excluding tert-OH is 1. The van der Waals surface area contributed by atoms with Gasteiger partial charge in [0.05, 0.1) is 31.1 Å². The number of carbonyl (C=O) groups excluding carboxylic acids is 1. The third kappa shape index (κ3) is 7.72. The molecule has 1 atom stereocenters. The number of amides is 2. The largest absolute Gasteiger partial charge is 0.477 e. The van der Waals surface area contributed by atoms with Gasteiger partial charge in [0.2, 0.25) is 5.88 Å². The molecule has 0 bridgehead atoms. The van der Waals surface area contributed by atoms with Crippen LogP contribution in [-0.2, 0) is 11.3 Å². The molecule has 200 valence electrons. The van der Waals surface area contributed by atoms with Crippen LogP contribution in [0.5, 0.6) is 5.88 Å². The number of para-hydroxylation sites is 1. The van der Waals surface area contributed by atoms with Gasteiger partial charge in [0.25, 0.3) is 0 Å². The van der Waals surface area contributed by atoms with E-state index in [1.807, 2.05) is 37.3 Å². The quantitative estimate of drug-likeness (QED) is 0.399. The van der Waals surface area contributed by atoms with Gasteiger partial charge in [0, 0.05) is 26.3 Å². The van der Waals surface area contributed by atoms with E-state index in [1.165, 1.54) is 16.8 Å². The number of primary amides is 1. The molecule has 11 heteroatoms. The molecule has 1 aliphatic heterocycles. The van der Waals surface area contributed by atoms with Crippen LogP contribution in [0.4, 0.5) is 19.4 Å². The highest BCUT2D eigenvalue weighted by Crippen LogP contribution is 2.29. The maximum Gasteiger partial charge on any atom is 0.317 e. The van der Waals surface area contributed by atoms with E-state index in [9.17, 15) is 18.7 Å². The van der Waals surface area contributed by atoms with E-state index in [-0.39, 0.29) is 18.4 Å². The number of ether oxygens (including phenoxy) is 2. The van der Waals surface area contributed by atoms with Crippen molar-refractivity contribution < 1.29 is 28.2 Å². The fourth-order valence-electron chi connectivity index (χ4n) is 4.17. The van der Waals surface area contributed by atoms with Crippen LogP contribution in [0, 0.1) is 11.6 Å². The van der Waals surface area contributed by atoms with Crippen LogP contribution in [0.1, 0.15) is 30.4 Å². The molecule has 2 amide bonds. The lowest BCUT2D eigenvalue weighted by Gasteiger charge is -2.15. The summed E-state index contributed by atoms with van der Waals surface area (Å²) in [7, 11) is 1.68. The van der Waals surface area contributed by atoms with Crippen LogP contribution in [-0.4, -0.2) is 65.8 Å². The van der Waals surface area contributed by atoms with Gasteiger partial charge in [-0.1, -0.05) is 18.2 Å². The number of aromatic nitrogens is 2. The fraction of sp³-hybridized carbons (Fsp3) is 0.385. The van der Waals surface area contributed by atoms with Gasteiger partial charge in [-0.2, -0.15) is 0 Å². The minimum Gasteiger partial charge on any atom is -0.477 e. The highest BCUT2D eigenvalue weighted by molar-refractivity contribution is 5.88. The molecule has 0 aliphatic carbocycles. The van der Waals surface area contributed by atoms with Gasteiger partial charge < -0.3 is 25.2 Å². The maximum absolute atomic E-state index is 13.1. The number of carbonyl (C=O) groups is 1. The average molecular weight is 518 g/mol. The first-order chi connectivity index (χ1) is 17.9. The number of halogens is 2. The number of nitrogens with one attached hydrogen (secondary N) is 1. The molecule has 1 aromatic heterocycles. The minimum absolute atomic E-state index is 0.233. The first kappa shape index (κ1) is 28.0. The second-order valence-corrected chi connectivity index (χ2v) is 8.44. The number of aliphatic hydroxyl groups is 1. The van der Waals surface area contributed by atoms with Crippen molar-refractivity contribution in [3.8, 4) is 11.6 Å². The SMILES string of the molecule is CCOc1nn(-c2ccccc2)c(NC(N)=O)c1CO.COCCN1CCC(c2cc(F)cc(F)c2)C1. The van der Waals surface area contributed by atoms with Gasteiger partial charge >= 0.3 is 6.03 Å². The molecule has 0 spiro atoms. The second-order valence-electron chi connectivity index (χ2n) is 8.44. The van der Waals surface area contributed by atoms with Crippen LogP contribution in [0.3, 0.4) is 0 Å². The van der Waals surface area contributed by atoms with Gasteiger partial charge in [-0.25, -0.2) is 18.3 Å². The molecule has 9 nitrogen and oxygen atoms in total. The molecule has 2 heterocycles. The Balaban J connectivity index is 0.000000208. The number of hydrogen-bond donors (Lipinski definition) is 3. The standard InChI is InChI=1S/C13H17F2NO.C13H16N4O3/c1-17-5-4-16-3-2-10(9-16)11-6-12(14)8-13(15)7-11;1-2-20-12-10(8-18)11(15-13(14)19)17(16-12)9-6-4-3-5-7-9/h6-8,10H,2-5,9H2,1H3;3-7,18H,2,8H2,1H3,(H3,14,15,19). The Morgan fingerprint density at radius 3 is 2.51 bits per heavy atom. The summed E-state index contributed by atoms with van der Waals surface area (Å²) in [5, 5.41) is 16.2. The number of nitrogens with zero attached hydrogens (tertiary/aromatic N) is 3. The molecule has 0 saturated carbocycles. The third-order valence-electron chi connectivity index (χ3n) is 5.87. The number of rotatable bonds is 9. The number of anilines is 1. The van der Waals surface area contributed by atoms with Gasteiger partial charge in [-0.15, -0.1) is 5.10 Å². The molecule has 2 aromatic carbocycles. The molecule has 37 heavy (non-hydrogen) atoms. The van der Waals surface area contributed by atoms with E-state index in [2.05, 4.69) is 15.3 Å². The molecule has 3 aromatic rings. The highest BCUT2D eigenvalue weighted by atomic mass is 19.1. The first-order valence-electron chi connectivity index (χ1n) is 12.0. The van der Waals surface area contributed by atoms with Crippen LogP contribution in [0.15, 0.2) is 48.5 Å². The third-order valence-corrected chi connectivity index (χ3v) is 5.87. The normalized spacial score (nSPS) is 15.2. The Morgan fingerprint density at radius 2 is 1.92 bits per heavy atom. The lowest BCUT2D eigenvalue weighted by molar-refractivity contribution is 0.160. The topological polar surface area (TPSA) is 115 Å². The predicted molar refractivity (Wildman–Crippen MR) is 136 cm³/mol. The number of nitrogens with two attached hydrogens (primary N) is 1. The lowest BCUT2D eigenvalue weighted by Crippen LogP contribution is -2.24. The highest BCUT2D eigenvalue weighted by Gasteiger charge is 2.24. The van der Waals surface area contributed by atoms with Crippen LogP contribution in [0.25, 0.3) is 5.69 Å². The zero-order chi connectivity index (χ0) is 26.8. The van der Waals surface area contributed by atoms with Gasteiger partial charge in [-0.3, -0.25) is 5.32 Å². The van der Waals surface area contributed by atoms with Crippen LogP contribution < -0.4 is 15.8 Å². The summed E-state index contributed by atoms with van der Waals surface area (Å²) in [6.07, 6.45) is 0.951. The van der Waals surface area contributed by atoms with Crippen molar-refractivity contribution >= 4 is 11.8 Å². The van der Waals surface area contributed by atoms with Crippen molar-refractivity contribution in [1.82, 2.24) is 14.7 Å². The monoisotopic (exact) mass is 517 g/mol. The summed E-state index contributed by atoms with van der Waals surface area (Å²) in [5.41, 5.74) is 7.03. The zero-order valence-electron chi connectivity index (χ0n) is 21.0. The molecule has 4 rings (SSSR count). The molecule has 1 saturated heterocycles. The Labute approximate surface area is 214 Å². The average Bonchev–Trinajstić information content (AvgIpc) is 3.48. The Hall–Kier alpha value is -3.54. The summed E-state index contributed by atoms with van der Waals surface area (Å²) in [6.45, 7) is 5.28. The predicted octanol–water partition coefficient (Wildman–Crippen LogP) is 3.65. The summed E-state index contributed by atoms with van der Waals surface area (Å²) < 4.78 is 38.1. The van der Waals surface area contributed by atoms with Crippen molar-refractivity contribution in [2.75, 3.05) is 45.3 Å². The summed E-state index contributed by atoms with van der Waals surface area (Å²) in [6, 6.07) is 12.2. The smallest absolute Gasteiger partial charge is 0.317 e. The van der Waals surface area contributed by atoms with Crippen LogP contribution in [0.2, 0.25) is 0 Å². The Bertz CT molecular complexity index is 1140. The van der Waals surface area contributed by atoms with Crippen LogP contribution >= 0.6 is 0 Å². The molecule has 1 aliphatic rings. The molecular formula is C26H33F2N5O4. The summed E-state index contributed by atoms with van der Waals surface area (Å²) >= 11 is 0. The van der Waals surface area contributed by atoms with Crippen molar-refractivity contribution in [3.63, 3.8) is 0 Å². The number of likely N-dealkylation sites (tertiary alicyclic amines) is 1. The Morgan fingerprint density at radius 1 is 1.22 bits per heavy atom. The second kappa shape index (κ2) is 13.7. The van der Waals surface area contributed by atoms with E-state index in [0.717, 1.165) is 43.4 Å². The van der Waals surface area contributed by atoms with E-state index >= 15 is 0 Å². The van der Waals surface area contributed by atoms with Crippen molar-refractivity contribution in [2.45, 2.75) is 25.9 Å². The minimum atomic E-state index is -0.736. The maximum atomic E-state index is 13.1. The number of hydrogen-bond acceptors (Lipinski definition) is 6. The van der Waals surface area contributed by atoms with E-state index in [1.54, 1.807) is 7.11 Å². The lowest BCUT2D eigenvalue weighted by atomic mass is 9.98. The van der Waals surface area contributed by atoms with E-state index in [4.69, 9.17) is 15.2 Å². The molecule has 1 fully saturated rings. The summed E-state index contributed by atoms with van der Waals surface area (Å²) in [4.78, 5) is 13.4. The van der Waals surface area contributed by atoms with Crippen molar-refractivity contribution in [3.05, 3.63) is 71.3 Å². The molecule has 1 unspecified atom stereocenters. The first-order valence-corrected chi connectivity index (χ1v) is 12.0. The number of methoxy groups -OCH3 is 1. The summed E-state index contributed by atoms with van der Waals surface area (Å²) in [5.74, 6) is -0.181. The van der Waals surface area contributed by atoms with E-state index < -0.39 is 17.7 Å². The van der Waals surface area contributed by atoms with E-state index in [0.29, 0.717) is 24.6 Å². The van der Waals surface area contributed by atoms with Crippen molar-refractivity contribution in [2.24, 2.45) is 5.73 Å². The fourth-order valence-corrected chi connectivity index (χ4v) is 4.17.